The molecule has 0 radical (unpaired) electrons. The molecule has 3 rings (SSSR count). The standard InChI is InChI=1S/C18H30N4OS.HI/c1-18(8-6-12-24-18)14-21-17(19-2)20-13-15(16-7-5-11-23-16)22-9-3-4-10-22;/h5,7,11,15H,3-4,6,8-10,12-14H2,1-2H3,(H2,19,20,21);1H. The molecule has 3 heterocycles. The van der Waals surface area contributed by atoms with Crippen LogP contribution in [0.25, 0.3) is 0 Å². The Morgan fingerprint density at radius 3 is 2.76 bits per heavy atom. The molecule has 5 nitrogen and oxygen atoms in total. The van der Waals surface area contributed by atoms with Crippen LogP contribution in [0.3, 0.4) is 0 Å². The van der Waals surface area contributed by atoms with Crippen molar-refractivity contribution in [2.75, 3.05) is 39.0 Å². The molecule has 2 fully saturated rings. The molecule has 0 aliphatic carbocycles. The van der Waals surface area contributed by atoms with Crippen LogP contribution in [0.4, 0.5) is 0 Å². The number of guanidine groups is 1. The van der Waals surface area contributed by atoms with E-state index in [1.807, 2.05) is 13.1 Å². The van der Waals surface area contributed by atoms with Crippen LogP contribution in [0.1, 0.15) is 44.4 Å². The first kappa shape index (κ1) is 20.9. The number of likely N-dealkylation sites (tertiary alicyclic amines) is 1. The Hall–Kier alpha value is -0.410. The second-order valence-electron chi connectivity index (χ2n) is 6.98. The molecule has 0 spiro atoms. The molecule has 25 heavy (non-hydrogen) atoms. The van der Waals surface area contributed by atoms with Crippen molar-refractivity contribution in [2.45, 2.75) is 43.4 Å². The summed E-state index contributed by atoms with van der Waals surface area (Å²) in [5, 5.41) is 7.02. The van der Waals surface area contributed by atoms with Gasteiger partial charge in [0.15, 0.2) is 5.96 Å². The molecule has 1 aromatic heterocycles. The summed E-state index contributed by atoms with van der Waals surface area (Å²) in [5.74, 6) is 3.21. The minimum atomic E-state index is 0. The maximum Gasteiger partial charge on any atom is 0.191 e. The molecule has 7 heteroatoms. The van der Waals surface area contributed by atoms with E-state index < -0.39 is 0 Å². The van der Waals surface area contributed by atoms with Gasteiger partial charge in [-0.2, -0.15) is 11.8 Å². The number of aliphatic imine (C=N–C) groups is 1. The van der Waals surface area contributed by atoms with Gasteiger partial charge in [-0.3, -0.25) is 9.89 Å². The second kappa shape index (κ2) is 10.1. The minimum absolute atomic E-state index is 0. The Morgan fingerprint density at radius 2 is 2.16 bits per heavy atom. The van der Waals surface area contributed by atoms with Crippen molar-refractivity contribution < 1.29 is 4.42 Å². The quantitative estimate of drug-likeness (QED) is 0.373. The number of hydrogen-bond donors (Lipinski definition) is 2. The zero-order valence-electron chi connectivity index (χ0n) is 15.3. The van der Waals surface area contributed by atoms with Crippen molar-refractivity contribution in [3.8, 4) is 0 Å². The maximum atomic E-state index is 5.69. The summed E-state index contributed by atoms with van der Waals surface area (Å²) >= 11 is 2.07. The van der Waals surface area contributed by atoms with E-state index in [2.05, 4.69) is 45.3 Å². The van der Waals surface area contributed by atoms with Gasteiger partial charge in [0.25, 0.3) is 0 Å². The van der Waals surface area contributed by atoms with E-state index in [0.29, 0.717) is 4.75 Å². The number of nitrogens with one attached hydrogen (secondary N) is 2. The summed E-state index contributed by atoms with van der Waals surface area (Å²) in [6.07, 6.45) is 6.93. The Kier molecular flexibility index (Phi) is 8.41. The first-order valence-electron chi connectivity index (χ1n) is 9.06. The zero-order valence-corrected chi connectivity index (χ0v) is 18.4. The van der Waals surface area contributed by atoms with Crippen LogP contribution < -0.4 is 10.6 Å². The second-order valence-corrected chi connectivity index (χ2v) is 8.67. The average Bonchev–Trinajstić information content (AvgIpc) is 3.33. The lowest BCUT2D eigenvalue weighted by Gasteiger charge is -2.28. The van der Waals surface area contributed by atoms with Crippen LogP contribution in [0.15, 0.2) is 27.8 Å². The highest BCUT2D eigenvalue weighted by molar-refractivity contribution is 14.0. The lowest BCUT2D eigenvalue weighted by atomic mass is 10.1. The van der Waals surface area contributed by atoms with Crippen molar-refractivity contribution in [3.05, 3.63) is 24.2 Å². The van der Waals surface area contributed by atoms with Crippen molar-refractivity contribution in [2.24, 2.45) is 4.99 Å². The molecule has 2 aliphatic rings. The summed E-state index contributed by atoms with van der Waals surface area (Å²) in [5.41, 5.74) is 0. The summed E-state index contributed by atoms with van der Waals surface area (Å²) in [6.45, 7) is 6.42. The molecule has 0 aromatic carbocycles. The van der Waals surface area contributed by atoms with Crippen molar-refractivity contribution in [1.29, 1.82) is 0 Å². The lowest BCUT2D eigenvalue weighted by molar-refractivity contribution is 0.215. The summed E-state index contributed by atoms with van der Waals surface area (Å²) < 4.78 is 6.03. The van der Waals surface area contributed by atoms with Crippen molar-refractivity contribution in [1.82, 2.24) is 15.5 Å². The van der Waals surface area contributed by atoms with E-state index in [4.69, 9.17) is 4.42 Å². The van der Waals surface area contributed by atoms with E-state index in [9.17, 15) is 0 Å². The molecule has 1 aromatic rings. The van der Waals surface area contributed by atoms with Crippen LogP contribution >= 0.6 is 35.7 Å². The van der Waals surface area contributed by atoms with Crippen molar-refractivity contribution in [3.63, 3.8) is 0 Å². The highest BCUT2D eigenvalue weighted by atomic mass is 127. The SMILES string of the molecule is CN=C(NCC(c1ccco1)N1CCCC1)NCC1(C)CCCS1.I. The normalized spacial score (nSPS) is 25.6. The molecule has 2 unspecified atom stereocenters. The van der Waals surface area contributed by atoms with Crippen LogP contribution in [0.5, 0.6) is 0 Å². The van der Waals surface area contributed by atoms with Gasteiger partial charge in [-0.15, -0.1) is 24.0 Å². The van der Waals surface area contributed by atoms with Gasteiger partial charge in [0.2, 0.25) is 0 Å². The van der Waals surface area contributed by atoms with Gasteiger partial charge in [0.05, 0.1) is 12.3 Å². The van der Waals surface area contributed by atoms with Crippen LogP contribution in [0.2, 0.25) is 0 Å². The average molecular weight is 478 g/mol. The highest BCUT2D eigenvalue weighted by Crippen LogP contribution is 2.36. The highest BCUT2D eigenvalue weighted by Gasteiger charge is 2.30. The number of hydrogen-bond acceptors (Lipinski definition) is 4. The van der Waals surface area contributed by atoms with Gasteiger partial charge in [-0.1, -0.05) is 0 Å². The number of nitrogens with zero attached hydrogens (tertiary/aromatic N) is 2. The summed E-state index contributed by atoms with van der Waals surface area (Å²) in [7, 11) is 1.84. The van der Waals surface area contributed by atoms with E-state index in [1.165, 1.54) is 31.4 Å². The van der Waals surface area contributed by atoms with E-state index in [-0.39, 0.29) is 30.0 Å². The lowest BCUT2D eigenvalue weighted by Crippen LogP contribution is -2.46. The fraction of sp³-hybridized carbons (Fsp3) is 0.722. The maximum absolute atomic E-state index is 5.69. The molecular weight excluding hydrogens is 447 g/mol. The largest absolute Gasteiger partial charge is 0.468 e. The zero-order chi connectivity index (χ0) is 16.8. The third kappa shape index (κ3) is 5.79. The Bertz CT molecular complexity index is 525. The molecule has 142 valence electrons. The predicted molar refractivity (Wildman–Crippen MR) is 117 cm³/mol. The molecule has 2 saturated heterocycles. The van der Waals surface area contributed by atoms with Gasteiger partial charge in [-0.25, -0.2) is 0 Å². The van der Waals surface area contributed by atoms with Crippen LogP contribution in [-0.2, 0) is 0 Å². The number of thioether (sulfide) groups is 1. The van der Waals surface area contributed by atoms with Crippen LogP contribution in [-0.4, -0.2) is 54.6 Å². The van der Waals surface area contributed by atoms with Crippen molar-refractivity contribution >= 4 is 41.7 Å². The smallest absolute Gasteiger partial charge is 0.191 e. The predicted octanol–water partition coefficient (Wildman–Crippen LogP) is 3.49. The molecule has 0 bridgehead atoms. The summed E-state index contributed by atoms with van der Waals surface area (Å²) in [6, 6.07) is 4.33. The van der Waals surface area contributed by atoms with Gasteiger partial charge >= 0.3 is 0 Å². The monoisotopic (exact) mass is 478 g/mol. The van der Waals surface area contributed by atoms with Gasteiger partial charge in [0.1, 0.15) is 5.76 Å². The molecule has 0 saturated carbocycles. The van der Waals surface area contributed by atoms with E-state index in [1.54, 1.807) is 6.26 Å². The Labute approximate surface area is 172 Å². The van der Waals surface area contributed by atoms with E-state index >= 15 is 0 Å². The van der Waals surface area contributed by atoms with E-state index in [0.717, 1.165) is 37.9 Å². The molecule has 2 atom stereocenters. The number of furan rings is 1. The first-order valence-corrected chi connectivity index (χ1v) is 10.0. The van der Waals surface area contributed by atoms with Crippen LogP contribution in [0, 0.1) is 0 Å². The first-order chi connectivity index (χ1) is 11.7. The minimum Gasteiger partial charge on any atom is -0.468 e. The Balaban J connectivity index is 0.00000225. The number of rotatable bonds is 6. The molecule has 2 N–H and O–H groups in total. The fourth-order valence-corrected chi connectivity index (χ4v) is 4.85. The molecule has 2 aliphatic heterocycles. The number of halogens is 1. The molecule has 0 amide bonds. The van der Waals surface area contributed by atoms with Gasteiger partial charge in [0, 0.05) is 24.9 Å². The Morgan fingerprint density at radius 1 is 1.36 bits per heavy atom. The van der Waals surface area contributed by atoms with Gasteiger partial charge in [-0.05, 0) is 63.6 Å². The summed E-state index contributed by atoms with van der Waals surface area (Å²) in [4.78, 5) is 6.90. The topological polar surface area (TPSA) is 52.8 Å². The third-order valence-corrected chi connectivity index (χ3v) is 6.61. The molecular formula is C18H31IN4OS. The third-order valence-electron chi connectivity index (χ3n) is 5.07. The fourth-order valence-electron chi connectivity index (χ4n) is 3.60. The van der Waals surface area contributed by atoms with Gasteiger partial charge < -0.3 is 15.1 Å².